The van der Waals surface area contributed by atoms with E-state index >= 15 is 0 Å². The Morgan fingerprint density at radius 2 is 0.875 bits per heavy atom. The summed E-state index contributed by atoms with van der Waals surface area (Å²) in [6, 6.07) is 0. The topological polar surface area (TPSA) is 29.5 Å². The van der Waals surface area contributed by atoms with Gasteiger partial charge in [0.1, 0.15) is 6.61 Å². The number of carbonyl (C=O) groups is 1. The Bertz CT molecular complexity index is 625. The first-order valence-electron chi connectivity index (χ1n) is 20.9. The fourth-order valence-corrected chi connectivity index (χ4v) is 11.5. The van der Waals surface area contributed by atoms with Crippen molar-refractivity contribution < 1.29 is 9.53 Å². The SMILES string of the molecule is CCCCCCCCCCCCCCCCSSCC(COC(=O)CCCN(C)C)SSCCCCCCCCCCCCCCCC. The summed E-state index contributed by atoms with van der Waals surface area (Å²) >= 11 is 0. The quantitative estimate of drug-likeness (QED) is 0.0349. The predicted octanol–water partition coefficient (Wildman–Crippen LogP) is 15.0. The van der Waals surface area contributed by atoms with E-state index in [0.717, 1.165) is 18.7 Å². The van der Waals surface area contributed by atoms with Crippen LogP contribution < -0.4 is 0 Å². The summed E-state index contributed by atoms with van der Waals surface area (Å²) in [5.41, 5.74) is 0. The average Bonchev–Trinajstić information content (AvgIpc) is 3.07. The van der Waals surface area contributed by atoms with E-state index in [0.29, 0.717) is 18.3 Å². The molecular formula is C41H83NO2S4. The molecule has 0 aromatic rings. The molecule has 48 heavy (non-hydrogen) atoms. The number of carbonyl (C=O) groups excluding carboxylic acids is 1. The third-order valence-corrected chi connectivity index (χ3v) is 14.8. The third-order valence-electron chi connectivity index (χ3n) is 9.12. The molecule has 0 fully saturated rings. The highest BCUT2D eigenvalue weighted by molar-refractivity contribution is 8.78. The molecule has 0 aromatic carbocycles. The van der Waals surface area contributed by atoms with E-state index in [1.807, 2.05) is 43.2 Å². The van der Waals surface area contributed by atoms with Gasteiger partial charge in [-0.15, -0.1) is 0 Å². The van der Waals surface area contributed by atoms with E-state index in [4.69, 9.17) is 4.74 Å². The van der Waals surface area contributed by atoms with Gasteiger partial charge in [-0.05, 0) is 39.9 Å². The Kier molecular flexibility index (Phi) is 43.0. The first kappa shape index (κ1) is 48.8. The van der Waals surface area contributed by atoms with Gasteiger partial charge in [0.05, 0.1) is 5.25 Å². The molecule has 0 spiro atoms. The van der Waals surface area contributed by atoms with Crippen LogP contribution in [0.3, 0.4) is 0 Å². The Hall–Kier alpha value is 0.830. The van der Waals surface area contributed by atoms with E-state index in [9.17, 15) is 4.79 Å². The van der Waals surface area contributed by atoms with Crippen molar-refractivity contribution in [3.63, 3.8) is 0 Å². The van der Waals surface area contributed by atoms with Crippen LogP contribution in [0.25, 0.3) is 0 Å². The molecule has 7 heteroatoms. The molecule has 1 unspecified atom stereocenters. The minimum absolute atomic E-state index is 0.0283. The zero-order valence-corrected chi connectivity index (χ0v) is 36.0. The van der Waals surface area contributed by atoms with E-state index in [2.05, 4.69) is 32.8 Å². The monoisotopic (exact) mass is 750 g/mol. The van der Waals surface area contributed by atoms with Gasteiger partial charge in [0.25, 0.3) is 0 Å². The molecule has 0 aromatic heterocycles. The van der Waals surface area contributed by atoms with Gasteiger partial charge in [-0.1, -0.05) is 224 Å². The van der Waals surface area contributed by atoms with Gasteiger partial charge in [-0.3, -0.25) is 4.79 Å². The number of hydrogen-bond donors (Lipinski definition) is 0. The van der Waals surface area contributed by atoms with Crippen LogP contribution in [0.4, 0.5) is 0 Å². The lowest BCUT2D eigenvalue weighted by molar-refractivity contribution is -0.143. The number of nitrogens with zero attached hydrogens (tertiary/aromatic N) is 1. The number of rotatable bonds is 41. The van der Waals surface area contributed by atoms with Gasteiger partial charge in [0.15, 0.2) is 0 Å². The summed E-state index contributed by atoms with van der Waals surface area (Å²) in [4.78, 5) is 14.4. The molecule has 0 saturated heterocycles. The van der Waals surface area contributed by atoms with Crippen molar-refractivity contribution in [3.8, 4) is 0 Å². The lowest BCUT2D eigenvalue weighted by Crippen LogP contribution is -2.19. The van der Waals surface area contributed by atoms with Crippen LogP contribution in [0, 0.1) is 0 Å². The number of hydrogen-bond acceptors (Lipinski definition) is 7. The Balaban J connectivity index is 3.88. The van der Waals surface area contributed by atoms with Gasteiger partial charge in [-0.25, -0.2) is 0 Å². The van der Waals surface area contributed by atoms with Crippen LogP contribution in [-0.2, 0) is 9.53 Å². The Morgan fingerprint density at radius 1 is 0.500 bits per heavy atom. The summed E-state index contributed by atoms with van der Waals surface area (Å²) in [6.07, 6.45) is 41.1. The van der Waals surface area contributed by atoms with Crippen molar-refractivity contribution in [3.05, 3.63) is 0 Å². The fraction of sp³-hybridized carbons (Fsp3) is 0.976. The van der Waals surface area contributed by atoms with Crippen LogP contribution in [0.1, 0.15) is 206 Å². The highest BCUT2D eigenvalue weighted by atomic mass is 33.1. The Morgan fingerprint density at radius 3 is 1.27 bits per heavy atom. The first-order chi connectivity index (χ1) is 23.6. The minimum atomic E-state index is -0.0283. The zero-order valence-electron chi connectivity index (χ0n) is 32.7. The molecule has 0 rings (SSSR count). The molecule has 0 saturated carbocycles. The molecule has 0 aliphatic carbocycles. The van der Waals surface area contributed by atoms with E-state index < -0.39 is 0 Å². The van der Waals surface area contributed by atoms with Gasteiger partial charge in [0.2, 0.25) is 0 Å². The van der Waals surface area contributed by atoms with Crippen molar-refractivity contribution in [2.45, 2.75) is 212 Å². The molecule has 0 aliphatic rings. The lowest BCUT2D eigenvalue weighted by atomic mass is 10.0. The van der Waals surface area contributed by atoms with Crippen LogP contribution >= 0.6 is 43.2 Å². The molecule has 1 atom stereocenters. The summed E-state index contributed by atoms with van der Waals surface area (Å²) in [5, 5.41) is 0.383. The predicted molar refractivity (Wildman–Crippen MR) is 228 cm³/mol. The largest absolute Gasteiger partial charge is 0.464 e. The first-order valence-corrected chi connectivity index (χ1v) is 25.8. The van der Waals surface area contributed by atoms with Crippen LogP contribution in [-0.4, -0.2) is 60.6 Å². The molecule has 0 aliphatic heterocycles. The molecular weight excluding hydrogens is 667 g/mol. The van der Waals surface area contributed by atoms with E-state index in [-0.39, 0.29) is 5.97 Å². The maximum Gasteiger partial charge on any atom is 0.305 e. The smallest absolute Gasteiger partial charge is 0.305 e. The number of unbranched alkanes of at least 4 members (excludes halogenated alkanes) is 26. The van der Waals surface area contributed by atoms with Gasteiger partial charge >= 0.3 is 5.97 Å². The zero-order chi connectivity index (χ0) is 35.0. The standard InChI is InChI=1S/C41H83NO2S4/c1-5-7-9-11-13-15-17-19-21-23-25-27-29-31-36-45-47-39-40(38-44-41(43)34-33-35-42(3)4)48-46-37-32-30-28-26-24-22-20-18-16-14-12-10-8-6-2/h40H,5-39H2,1-4H3. The molecule has 0 bridgehead atoms. The maximum absolute atomic E-state index is 12.3. The summed E-state index contributed by atoms with van der Waals surface area (Å²) in [5.74, 6) is 3.49. The van der Waals surface area contributed by atoms with Crippen LogP contribution in [0.5, 0.6) is 0 Å². The van der Waals surface area contributed by atoms with Gasteiger partial charge in [0, 0.05) is 23.7 Å². The van der Waals surface area contributed by atoms with E-state index in [1.54, 1.807) is 0 Å². The van der Waals surface area contributed by atoms with Gasteiger partial charge in [-0.2, -0.15) is 0 Å². The second kappa shape index (κ2) is 42.2. The van der Waals surface area contributed by atoms with Crippen molar-refractivity contribution >= 4 is 49.1 Å². The summed E-state index contributed by atoms with van der Waals surface area (Å²) in [7, 11) is 12.1. The molecule has 0 heterocycles. The van der Waals surface area contributed by atoms with Crippen molar-refractivity contribution in [2.75, 3.05) is 44.5 Å². The molecule has 0 radical (unpaired) electrons. The minimum Gasteiger partial charge on any atom is -0.464 e. The van der Waals surface area contributed by atoms with Crippen molar-refractivity contribution in [2.24, 2.45) is 0 Å². The van der Waals surface area contributed by atoms with E-state index in [1.165, 1.54) is 191 Å². The fourth-order valence-electron chi connectivity index (χ4n) is 5.94. The highest BCUT2D eigenvalue weighted by Gasteiger charge is 2.14. The van der Waals surface area contributed by atoms with Crippen molar-refractivity contribution in [1.29, 1.82) is 0 Å². The summed E-state index contributed by atoms with van der Waals surface area (Å²) < 4.78 is 5.73. The Labute approximate surface area is 318 Å². The second-order valence-electron chi connectivity index (χ2n) is 14.4. The molecule has 0 N–H and O–H groups in total. The number of ether oxygens (including phenoxy) is 1. The average molecular weight is 750 g/mol. The third kappa shape index (κ3) is 41.3. The maximum atomic E-state index is 12.3. The molecule has 0 amide bonds. The number of esters is 1. The summed E-state index contributed by atoms with van der Waals surface area (Å²) in [6.45, 7) is 6.09. The van der Waals surface area contributed by atoms with Gasteiger partial charge < -0.3 is 9.64 Å². The normalized spacial score (nSPS) is 12.3. The second-order valence-corrected chi connectivity index (χ2v) is 19.8. The molecule has 288 valence electrons. The molecule has 3 nitrogen and oxygen atoms in total. The highest BCUT2D eigenvalue weighted by Crippen LogP contribution is 2.34. The van der Waals surface area contributed by atoms with Crippen molar-refractivity contribution in [1.82, 2.24) is 4.90 Å². The van der Waals surface area contributed by atoms with Crippen LogP contribution in [0.2, 0.25) is 0 Å². The van der Waals surface area contributed by atoms with Crippen LogP contribution in [0.15, 0.2) is 0 Å². The lowest BCUT2D eigenvalue weighted by Gasteiger charge is -2.16.